The Hall–Kier alpha value is -5.70. The van der Waals surface area contributed by atoms with Crippen LogP contribution in [0, 0.1) is 0 Å². The van der Waals surface area contributed by atoms with Crippen LogP contribution >= 0.6 is 11.3 Å². The number of hydrogen-bond donors (Lipinski definition) is 0. The van der Waals surface area contributed by atoms with Crippen molar-refractivity contribution in [3.63, 3.8) is 0 Å². The van der Waals surface area contributed by atoms with Crippen LogP contribution in [0.3, 0.4) is 0 Å². The Morgan fingerprint density at radius 3 is 1.84 bits per heavy atom. The van der Waals surface area contributed by atoms with Crippen LogP contribution < -0.4 is 0 Å². The first-order valence-corrected chi connectivity index (χ1v) is 17.9. The summed E-state index contributed by atoms with van der Waals surface area (Å²) in [6, 6.07) is 56.8. The molecular weight excluding hydrogens is 611 g/mol. The lowest BCUT2D eigenvalue weighted by Gasteiger charge is -2.22. The van der Waals surface area contributed by atoms with Crippen molar-refractivity contribution >= 4 is 75.5 Å². The van der Waals surface area contributed by atoms with E-state index in [-0.39, 0.29) is 5.41 Å². The van der Waals surface area contributed by atoms with Crippen molar-refractivity contribution in [1.82, 2.24) is 4.57 Å². The van der Waals surface area contributed by atoms with Crippen LogP contribution in [-0.2, 0) is 5.41 Å². The van der Waals surface area contributed by atoms with E-state index in [1.165, 1.54) is 103 Å². The van der Waals surface area contributed by atoms with Crippen molar-refractivity contribution in [1.29, 1.82) is 0 Å². The Balaban J connectivity index is 1.15. The molecule has 0 saturated carbocycles. The van der Waals surface area contributed by atoms with Gasteiger partial charge in [-0.25, -0.2) is 0 Å². The molecule has 2 heteroatoms. The summed E-state index contributed by atoms with van der Waals surface area (Å²) in [5.41, 5.74) is 10.4. The minimum atomic E-state index is -0.134. The van der Waals surface area contributed by atoms with Crippen molar-refractivity contribution in [3.05, 3.63) is 163 Å². The smallest absolute Gasteiger partial charge is 0.0544 e. The summed E-state index contributed by atoms with van der Waals surface area (Å²) in [6.45, 7) is 4.80. The lowest BCUT2D eigenvalue weighted by atomic mass is 9.81. The van der Waals surface area contributed by atoms with E-state index in [9.17, 15) is 0 Å². The average molecular weight is 642 g/mol. The van der Waals surface area contributed by atoms with Gasteiger partial charge in [0, 0.05) is 31.5 Å². The van der Waals surface area contributed by atoms with Crippen LogP contribution in [0.15, 0.2) is 152 Å². The third-order valence-electron chi connectivity index (χ3n) is 11.2. The average Bonchev–Trinajstić information content (AvgIpc) is 3.79. The number of thiophene rings is 1. The Kier molecular flexibility index (Phi) is 5.39. The standard InChI is InChI=1S/C47H31NS/c1-47(2)41-23-29(46-24-28-11-3-10-18-45(28)49-46)19-21-36(41)39-26-40-37-16-8-9-17-43(37)48(44(40)27-42(39)47)30-20-22-35-33-14-5-4-12-31(33)32-13-6-7-15-34(32)38(35)25-30/h3-27H,1-2H3. The minimum Gasteiger partial charge on any atom is -0.309 e. The summed E-state index contributed by atoms with van der Waals surface area (Å²) in [5.74, 6) is 0. The van der Waals surface area contributed by atoms with Gasteiger partial charge in [-0.1, -0.05) is 117 Å². The topological polar surface area (TPSA) is 4.93 Å². The lowest BCUT2D eigenvalue weighted by Crippen LogP contribution is -2.15. The van der Waals surface area contributed by atoms with E-state index in [0.29, 0.717) is 0 Å². The molecule has 0 unspecified atom stereocenters. The fraction of sp³-hybridized carbons (Fsp3) is 0.0638. The molecule has 0 radical (unpaired) electrons. The zero-order valence-corrected chi connectivity index (χ0v) is 28.1. The first-order valence-electron chi connectivity index (χ1n) is 17.1. The van der Waals surface area contributed by atoms with E-state index < -0.39 is 0 Å². The third kappa shape index (κ3) is 3.70. The largest absolute Gasteiger partial charge is 0.309 e. The maximum atomic E-state index is 2.50. The van der Waals surface area contributed by atoms with Crippen LogP contribution in [0.4, 0.5) is 0 Å². The maximum absolute atomic E-state index is 2.50. The van der Waals surface area contributed by atoms with Gasteiger partial charge in [-0.15, -0.1) is 11.3 Å². The van der Waals surface area contributed by atoms with Gasteiger partial charge < -0.3 is 4.57 Å². The van der Waals surface area contributed by atoms with Crippen molar-refractivity contribution in [2.24, 2.45) is 0 Å². The first kappa shape index (κ1) is 27.3. The molecule has 1 nitrogen and oxygen atoms in total. The number of aromatic nitrogens is 1. The van der Waals surface area contributed by atoms with Crippen LogP contribution in [0.2, 0.25) is 0 Å². The van der Waals surface area contributed by atoms with Gasteiger partial charge in [0.25, 0.3) is 0 Å². The van der Waals surface area contributed by atoms with Crippen molar-refractivity contribution < 1.29 is 0 Å². The molecule has 0 fully saturated rings. The molecule has 0 saturated heterocycles. The molecule has 11 rings (SSSR count). The number of benzene rings is 8. The SMILES string of the molecule is CC1(C)c2cc(-c3cc4ccccc4s3)ccc2-c2cc3c4ccccc4n(-c4ccc5c6ccccc6c6ccccc6c5c4)c3cc21. The van der Waals surface area contributed by atoms with E-state index >= 15 is 0 Å². The highest BCUT2D eigenvalue weighted by Gasteiger charge is 2.37. The predicted molar refractivity (Wildman–Crippen MR) is 212 cm³/mol. The Bertz CT molecular complexity index is 2960. The highest BCUT2D eigenvalue weighted by atomic mass is 32.1. The molecule has 230 valence electrons. The van der Waals surface area contributed by atoms with Crippen LogP contribution in [-0.4, -0.2) is 4.57 Å². The second-order valence-electron chi connectivity index (χ2n) is 14.1. The maximum Gasteiger partial charge on any atom is 0.0544 e. The number of nitrogens with zero attached hydrogens (tertiary/aromatic N) is 1. The molecule has 0 amide bonds. The van der Waals surface area contributed by atoms with Gasteiger partial charge in [0.05, 0.1) is 11.0 Å². The van der Waals surface area contributed by atoms with E-state index in [1.54, 1.807) is 0 Å². The molecule has 1 aliphatic rings. The summed E-state index contributed by atoms with van der Waals surface area (Å²) >= 11 is 1.88. The molecule has 0 atom stereocenters. The van der Waals surface area contributed by atoms with Gasteiger partial charge >= 0.3 is 0 Å². The number of hydrogen-bond acceptors (Lipinski definition) is 1. The van der Waals surface area contributed by atoms with E-state index in [1.807, 2.05) is 11.3 Å². The molecule has 0 aliphatic heterocycles. The highest BCUT2D eigenvalue weighted by Crippen LogP contribution is 2.52. The first-order chi connectivity index (χ1) is 24.0. The van der Waals surface area contributed by atoms with Crippen molar-refractivity contribution in [3.8, 4) is 27.3 Å². The predicted octanol–water partition coefficient (Wildman–Crippen LogP) is 13.4. The van der Waals surface area contributed by atoms with Gasteiger partial charge in [-0.3, -0.25) is 0 Å². The minimum absolute atomic E-state index is 0.134. The molecule has 0 spiro atoms. The number of para-hydroxylation sites is 1. The van der Waals surface area contributed by atoms with Gasteiger partial charge in [0.15, 0.2) is 0 Å². The molecule has 0 N–H and O–H groups in total. The summed E-state index contributed by atoms with van der Waals surface area (Å²) in [6.07, 6.45) is 0. The Labute approximate surface area is 288 Å². The second kappa shape index (κ2) is 9.69. The molecule has 2 heterocycles. The molecular formula is C47H31NS. The summed E-state index contributed by atoms with van der Waals surface area (Å²) in [5, 5.41) is 11.7. The fourth-order valence-corrected chi connectivity index (χ4v) is 9.85. The molecule has 8 aromatic carbocycles. The zero-order valence-electron chi connectivity index (χ0n) is 27.3. The van der Waals surface area contributed by atoms with Crippen LogP contribution in [0.25, 0.3) is 91.5 Å². The second-order valence-corrected chi connectivity index (χ2v) is 15.2. The monoisotopic (exact) mass is 641 g/mol. The van der Waals surface area contributed by atoms with E-state index in [2.05, 4.69) is 170 Å². The highest BCUT2D eigenvalue weighted by molar-refractivity contribution is 7.22. The van der Waals surface area contributed by atoms with Crippen LogP contribution in [0.1, 0.15) is 25.0 Å². The molecule has 2 aromatic heterocycles. The van der Waals surface area contributed by atoms with Gasteiger partial charge in [0.2, 0.25) is 0 Å². The summed E-state index contributed by atoms with van der Waals surface area (Å²) in [7, 11) is 0. The van der Waals surface area contributed by atoms with Gasteiger partial charge in [0.1, 0.15) is 0 Å². The Morgan fingerprint density at radius 2 is 1.08 bits per heavy atom. The zero-order chi connectivity index (χ0) is 32.4. The van der Waals surface area contributed by atoms with Crippen molar-refractivity contribution in [2.75, 3.05) is 0 Å². The number of fused-ring (bicyclic) bond motifs is 13. The van der Waals surface area contributed by atoms with Crippen molar-refractivity contribution in [2.45, 2.75) is 19.3 Å². The lowest BCUT2D eigenvalue weighted by molar-refractivity contribution is 0.661. The fourth-order valence-electron chi connectivity index (χ4n) is 8.79. The molecule has 1 aliphatic carbocycles. The van der Waals surface area contributed by atoms with E-state index in [0.717, 1.165) is 0 Å². The Morgan fingerprint density at radius 1 is 0.449 bits per heavy atom. The normalized spacial score (nSPS) is 13.7. The van der Waals surface area contributed by atoms with Gasteiger partial charge in [-0.2, -0.15) is 0 Å². The molecule has 0 bridgehead atoms. The van der Waals surface area contributed by atoms with E-state index in [4.69, 9.17) is 0 Å². The molecule has 49 heavy (non-hydrogen) atoms. The van der Waals surface area contributed by atoms with Crippen LogP contribution in [0.5, 0.6) is 0 Å². The third-order valence-corrected chi connectivity index (χ3v) is 12.3. The molecule has 10 aromatic rings. The summed E-state index contributed by atoms with van der Waals surface area (Å²) in [4.78, 5) is 1.33. The quantitative estimate of drug-likeness (QED) is 0.166. The summed E-state index contributed by atoms with van der Waals surface area (Å²) < 4.78 is 3.83. The van der Waals surface area contributed by atoms with Gasteiger partial charge in [-0.05, 0) is 114 Å². The number of rotatable bonds is 2.